The molecule has 1 heterocycles. The van der Waals surface area contributed by atoms with E-state index in [2.05, 4.69) is 23.8 Å². The predicted molar refractivity (Wildman–Crippen MR) is 125 cm³/mol. The van der Waals surface area contributed by atoms with Gasteiger partial charge in [0.25, 0.3) is 0 Å². The number of hydrogen-bond acceptors (Lipinski definition) is 4. The van der Waals surface area contributed by atoms with Crippen LogP contribution in [0.3, 0.4) is 0 Å². The quantitative estimate of drug-likeness (QED) is 0.588. The van der Waals surface area contributed by atoms with Crippen LogP contribution in [0.2, 0.25) is 0 Å². The fourth-order valence-electron chi connectivity index (χ4n) is 3.85. The van der Waals surface area contributed by atoms with E-state index in [-0.39, 0.29) is 0 Å². The molecule has 0 bridgehead atoms. The van der Waals surface area contributed by atoms with Crippen molar-refractivity contribution >= 4 is 26.9 Å². The molecule has 0 amide bonds. The lowest BCUT2D eigenvalue weighted by atomic mass is 9.88. The van der Waals surface area contributed by atoms with Gasteiger partial charge in [-0.15, -0.1) is 0 Å². The van der Waals surface area contributed by atoms with Crippen molar-refractivity contribution in [3.05, 3.63) is 89.0 Å². The lowest BCUT2D eigenvalue weighted by Gasteiger charge is -2.16. The average molecular weight is 436 g/mol. The fraction of sp³-hybridized carbons (Fsp3) is 0.200. The number of ether oxygens (including phenoxy) is 2. The Bertz CT molecular complexity index is 1260. The Labute approximate surface area is 183 Å². The first-order chi connectivity index (χ1) is 14.9. The van der Waals surface area contributed by atoms with Gasteiger partial charge in [0.05, 0.1) is 12.9 Å². The van der Waals surface area contributed by atoms with Crippen LogP contribution < -0.4 is 14.2 Å². The van der Waals surface area contributed by atoms with Crippen LogP contribution in [0, 0.1) is 0 Å². The Hall–Kier alpha value is -3.25. The Morgan fingerprint density at radius 3 is 2.61 bits per heavy atom. The third-order valence-corrected chi connectivity index (χ3v) is 5.78. The summed E-state index contributed by atoms with van der Waals surface area (Å²) < 4.78 is 37.8. The third-order valence-electron chi connectivity index (χ3n) is 5.18. The third kappa shape index (κ3) is 4.59. The van der Waals surface area contributed by atoms with Gasteiger partial charge in [-0.25, -0.2) is 8.42 Å². The SMILES string of the molecule is CCOc1ccc2c(c1)OCc1ccccc1C2=C(C)c1cccc(NS(C)(=O)=O)c1. The highest BCUT2D eigenvalue weighted by Gasteiger charge is 2.22. The first-order valence-corrected chi connectivity index (χ1v) is 12.0. The van der Waals surface area contributed by atoms with E-state index in [4.69, 9.17) is 9.47 Å². The summed E-state index contributed by atoms with van der Waals surface area (Å²) in [6, 6.07) is 21.5. The molecule has 3 aromatic rings. The van der Waals surface area contributed by atoms with Gasteiger partial charge in [0.2, 0.25) is 10.0 Å². The van der Waals surface area contributed by atoms with E-state index in [1.165, 1.54) is 0 Å². The molecule has 6 heteroatoms. The summed E-state index contributed by atoms with van der Waals surface area (Å²) in [7, 11) is -3.36. The zero-order valence-electron chi connectivity index (χ0n) is 17.8. The normalized spacial score (nSPS) is 14.5. The second-order valence-electron chi connectivity index (χ2n) is 7.49. The minimum Gasteiger partial charge on any atom is -0.494 e. The van der Waals surface area contributed by atoms with E-state index in [1.54, 1.807) is 6.07 Å². The zero-order valence-corrected chi connectivity index (χ0v) is 18.6. The second-order valence-corrected chi connectivity index (χ2v) is 9.24. The molecular weight excluding hydrogens is 410 g/mol. The molecule has 0 aliphatic carbocycles. The summed E-state index contributed by atoms with van der Waals surface area (Å²) >= 11 is 0. The second kappa shape index (κ2) is 8.47. The summed E-state index contributed by atoms with van der Waals surface area (Å²) in [5.41, 5.74) is 6.72. The number of hydrogen-bond donors (Lipinski definition) is 1. The molecular formula is C25H25NO4S. The summed E-state index contributed by atoms with van der Waals surface area (Å²) in [5, 5.41) is 0. The average Bonchev–Trinajstić information content (AvgIpc) is 2.89. The summed E-state index contributed by atoms with van der Waals surface area (Å²) in [4.78, 5) is 0. The number of sulfonamides is 1. The fourth-order valence-corrected chi connectivity index (χ4v) is 4.41. The van der Waals surface area contributed by atoms with Crippen LogP contribution in [-0.2, 0) is 16.6 Å². The highest BCUT2D eigenvalue weighted by atomic mass is 32.2. The van der Waals surface area contributed by atoms with Gasteiger partial charge in [-0.3, -0.25) is 4.72 Å². The van der Waals surface area contributed by atoms with Crippen LogP contribution in [0.15, 0.2) is 66.7 Å². The molecule has 0 aromatic heterocycles. The monoisotopic (exact) mass is 435 g/mol. The van der Waals surface area contributed by atoms with Crippen molar-refractivity contribution < 1.29 is 17.9 Å². The first kappa shape index (κ1) is 21.0. The van der Waals surface area contributed by atoms with Gasteiger partial charge >= 0.3 is 0 Å². The van der Waals surface area contributed by atoms with Gasteiger partial charge in [0.15, 0.2) is 0 Å². The minimum atomic E-state index is -3.36. The van der Waals surface area contributed by atoms with Crippen LogP contribution in [0.4, 0.5) is 5.69 Å². The lowest BCUT2D eigenvalue weighted by molar-refractivity contribution is 0.300. The van der Waals surface area contributed by atoms with Crippen LogP contribution >= 0.6 is 0 Å². The van der Waals surface area contributed by atoms with Crippen molar-refractivity contribution in [3.63, 3.8) is 0 Å². The summed E-state index contributed by atoms with van der Waals surface area (Å²) in [6.45, 7) is 5.05. The highest BCUT2D eigenvalue weighted by Crippen LogP contribution is 2.42. The molecule has 0 radical (unpaired) electrons. The van der Waals surface area contributed by atoms with E-state index >= 15 is 0 Å². The Morgan fingerprint density at radius 1 is 1.03 bits per heavy atom. The van der Waals surface area contributed by atoms with Crippen molar-refractivity contribution in [2.75, 3.05) is 17.6 Å². The molecule has 3 aromatic carbocycles. The van der Waals surface area contributed by atoms with Gasteiger partial charge in [0.1, 0.15) is 18.1 Å². The minimum absolute atomic E-state index is 0.463. The zero-order chi connectivity index (χ0) is 22.0. The van der Waals surface area contributed by atoms with Gasteiger partial charge in [0, 0.05) is 17.3 Å². The molecule has 0 atom stereocenters. The standard InChI is InChI=1S/C25H25NO4S/c1-4-29-21-12-13-23-24(15-21)30-16-19-8-5-6-11-22(19)25(23)17(2)18-9-7-10-20(14-18)26-31(3,27)28/h5-15,26H,4,16H2,1-3H3. The molecule has 0 saturated carbocycles. The van der Waals surface area contributed by atoms with Crippen LogP contribution in [0.1, 0.15) is 36.1 Å². The molecule has 160 valence electrons. The maximum absolute atomic E-state index is 11.7. The summed E-state index contributed by atoms with van der Waals surface area (Å²) in [6.07, 6.45) is 1.15. The van der Waals surface area contributed by atoms with E-state index in [9.17, 15) is 8.42 Å². The molecule has 31 heavy (non-hydrogen) atoms. The van der Waals surface area contributed by atoms with Crippen molar-refractivity contribution in [3.8, 4) is 11.5 Å². The van der Waals surface area contributed by atoms with E-state index in [0.717, 1.165) is 51.2 Å². The number of allylic oxidation sites excluding steroid dienone is 1. The molecule has 0 saturated heterocycles. The van der Waals surface area contributed by atoms with Crippen molar-refractivity contribution in [1.29, 1.82) is 0 Å². The molecule has 4 rings (SSSR count). The van der Waals surface area contributed by atoms with E-state index in [1.807, 2.05) is 55.5 Å². The van der Waals surface area contributed by atoms with Gasteiger partial charge < -0.3 is 9.47 Å². The molecule has 5 nitrogen and oxygen atoms in total. The molecule has 0 spiro atoms. The molecule has 0 unspecified atom stereocenters. The largest absolute Gasteiger partial charge is 0.494 e. The van der Waals surface area contributed by atoms with Crippen LogP contribution in [-0.4, -0.2) is 21.3 Å². The van der Waals surface area contributed by atoms with Gasteiger partial charge in [-0.1, -0.05) is 36.4 Å². The number of fused-ring (bicyclic) bond motifs is 2. The van der Waals surface area contributed by atoms with Gasteiger partial charge in [-0.05, 0) is 65.9 Å². The Kier molecular flexibility index (Phi) is 5.74. The number of anilines is 1. The Morgan fingerprint density at radius 2 is 1.84 bits per heavy atom. The highest BCUT2D eigenvalue weighted by molar-refractivity contribution is 7.92. The molecule has 1 aliphatic rings. The Balaban J connectivity index is 1.92. The van der Waals surface area contributed by atoms with Crippen LogP contribution in [0.25, 0.3) is 11.1 Å². The lowest BCUT2D eigenvalue weighted by Crippen LogP contribution is -2.09. The van der Waals surface area contributed by atoms with E-state index < -0.39 is 10.0 Å². The van der Waals surface area contributed by atoms with Crippen molar-refractivity contribution in [2.45, 2.75) is 20.5 Å². The number of benzene rings is 3. The molecule has 1 N–H and O–H groups in total. The van der Waals surface area contributed by atoms with Crippen LogP contribution in [0.5, 0.6) is 11.5 Å². The molecule has 1 aliphatic heterocycles. The smallest absolute Gasteiger partial charge is 0.229 e. The maximum Gasteiger partial charge on any atom is 0.229 e. The predicted octanol–water partition coefficient (Wildman–Crippen LogP) is 5.33. The topological polar surface area (TPSA) is 64.6 Å². The molecule has 0 fully saturated rings. The maximum atomic E-state index is 11.7. The van der Waals surface area contributed by atoms with Gasteiger partial charge in [-0.2, -0.15) is 0 Å². The number of nitrogens with one attached hydrogen (secondary N) is 1. The van der Waals surface area contributed by atoms with Crippen molar-refractivity contribution in [2.24, 2.45) is 0 Å². The first-order valence-electron chi connectivity index (χ1n) is 10.1. The summed E-state index contributed by atoms with van der Waals surface area (Å²) in [5.74, 6) is 1.53. The van der Waals surface area contributed by atoms with Crippen molar-refractivity contribution in [1.82, 2.24) is 0 Å². The van der Waals surface area contributed by atoms with E-state index in [0.29, 0.717) is 18.9 Å². The number of rotatable bonds is 5.